The molecule has 4 rings (SSSR count). The first kappa shape index (κ1) is 15.8. The summed E-state index contributed by atoms with van der Waals surface area (Å²) in [5.74, 6) is 0.194. The number of pyridine rings is 1. The van der Waals surface area contributed by atoms with E-state index in [9.17, 15) is 4.79 Å². The highest BCUT2D eigenvalue weighted by Gasteiger charge is 2.29. The maximum atomic E-state index is 12.4. The molecule has 0 atom stereocenters. The third-order valence-corrected chi connectivity index (χ3v) is 4.80. The number of rotatable bonds is 4. The van der Waals surface area contributed by atoms with E-state index in [2.05, 4.69) is 15.4 Å². The van der Waals surface area contributed by atoms with Crippen molar-refractivity contribution in [2.75, 3.05) is 6.61 Å². The number of aryl methyl sites for hydroxylation is 1. The second-order valence-corrected chi connectivity index (χ2v) is 6.62. The minimum absolute atomic E-state index is 0.123. The van der Waals surface area contributed by atoms with Crippen LogP contribution in [0.25, 0.3) is 16.7 Å². The van der Waals surface area contributed by atoms with E-state index in [1.54, 1.807) is 10.9 Å². The van der Waals surface area contributed by atoms with Gasteiger partial charge in [-0.2, -0.15) is 5.10 Å². The fourth-order valence-electron chi connectivity index (χ4n) is 3.29. The van der Waals surface area contributed by atoms with Gasteiger partial charge in [0, 0.05) is 24.2 Å². The van der Waals surface area contributed by atoms with Gasteiger partial charge in [-0.15, -0.1) is 0 Å². The molecule has 2 N–H and O–H groups in total. The standard InChI is InChI=1S/C19H20N4O2/c1-12-17-9-14(19(25)21-15-7-13(8-15)11-24)10-20-18(17)23(22-12)16-5-3-2-4-6-16/h2-6,9-10,13,15,24H,7-8,11H2,1H3,(H,21,25). The Hall–Kier alpha value is -2.73. The van der Waals surface area contributed by atoms with Crippen LogP contribution in [0, 0.1) is 12.8 Å². The molecule has 1 amide bonds. The van der Waals surface area contributed by atoms with Crippen LogP contribution in [-0.4, -0.2) is 38.4 Å². The molecule has 0 saturated heterocycles. The van der Waals surface area contributed by atoms with E-state index < -0.39 is 0 Å². The number of benzene rings is 1. The molecule has 0 bridgehead atoms. The Morgan fingerprint density at radius 3 is 2.80 bits per heavy atom. The van der Waals surface area contributed by atoms with Crippen LogP contribution in [0.2, 0.25) is 0 Å². The molecule has 0 unspecified atom stereocenters. The number of carbonyl (C=O) groups is 1. The molecule has 1 aromatic carbocycles. The van der Waals surface area contributed by atoms with E-state index >= 15 is 0 Å². The van der Waals surface area contributed by atoms with Gasteiger partial charge in [0.25, 0.3) is 5.91 Å². The molecule has 0 radical (unpaired) electrons. The van der Waals surface area contributed by atoms with Gasteiger partial charge in [-0.25, -0.2) is 9.67 Å². The zero-order valence-corrected chi connectivity index (χ0v) is 14.0. The summed E-state index contributed by atoms with van der Waals surface area (Å²) in [6.07, 6.45) is 3.27. The molecule has 1 aliphatic carbocycles. The van der Waals surface area contributed by atoms with E-state index in [0.29, 0.717) is 11.5 Å². The first-order chi connectivity index (χ1) is 12.2. The van der Waals surface area contributed by atoms with Crippen LogP contribution < -0.4 is 5.32 Å². The van der Waals surface area contributed by atoms with Crippen molar-refractivity contribution in [3.8, 4) is 5.69 Å². The minimum atomic E-state index is -0.123. The predicted octanol–water partition coefficient (Wildman–Crippen LogP) is 2.23. The van der Waals surface area contributed by atoms with Gasteiger partial charge in [0.15, 0.2) is 5.65 Å². The Morgan fingerprint density at radius 2 is 2.08 bits per heavy atom. The quantitative estimate of drug-likeness (QED) is 0.766. The number of nitrogens with zero attached hydrogens (tertiary/aromatic N) is 3. The highest BCUT2D eigenvalue weighted by molar-refractivity contribution is 5.97. The van der Waals surface area contributed by atoms with Crippen LogP contribution in [0.1, 0.15) is 28.9 Å². The van der Waals surface area contributed by atoms with Gasteiger partial charge in [-0.3, -0.25) is 4.79 Å². The lowest BCUT2D eigenvalue weighted by Gasteiger charge is -2.34. The van der Waals surface area contributed by atoms with Gasteiger partial charge in [-0.05, 0) is 43.9 Å². The molecule has 25 heavy (non-hydrogen) atoms. The highest BCUT2D eigenvalue weighted by Crippen LogP contribution is 2.27. The summed E-state index contributed by atoms with van der Waals surface area (Å²) >= 11 is 0. The van der Waals surface area contributed by atoms with Gasteiger partial charge in [0.05, 0.1) is 16.9 Å². The molecule has 6 heteroatoms. The van der Waals surface area contributed by atoms with E-state index in [4.69, 9.17) is 5.11 Å². The molecular weight excluding hydrogens is 316 g/mol. The van der Waals surface area contributed by atoms with Gasteiger partial charge in [-0.1, -0.05) is 18.2 Å². The first-order valence-electron chi connectivity index (χ1n) is 8.48. The molecule has 128 valence electrons. The first-order valence-corrected chi connectivity index (χ1v) is 8.48. The monoisotopic (exact) mass is 336 g/mol. The second-order valence-electron chi connectivity index (χ2n) is 6.62. The maximum Gasteiger partial charge on any atom is 0.253 e. The number of hydrogen-bond acceptors (Lipinski definition) is 4. The number of para-hydroxylation sites is 1. The fourth-order valence-corrected chi connectivity index (χ4v) is 3.29. The number of carbonyl (C=O) groups excluding carboxylic acids is 1. The van der Waals surface area contributed by atoms with Crippen LogP contribution in [0.5, 0.6) is 0 Å². The van der Waals surface area contributed by atoms with Crippen LogP contribution in [0.4, 0.5) is 0 Å². The number of aliphatic hydroxyl groups is 1. The van der Waals surface area contributed by atoms with Crippen LogP contribution in [-0.2, 0) is 0 Å². The lowest BCUT2D eigenvalue weighted by atomic mass is 9.81. The third kappa shape index (κ3) is 2.89. The van der Waals surface area contributed by atoms with Crippen molar-refractivity contribution in [1.82, 2.24) is 20.1 Å². The molecule has 2 aromatic heterocycles. The number of fused-ring (bicyclic) bond motifs is 1. The smallest absolute Gasteiger partial charge is 0.253 e. The normalized spacial score (nSPS) is 19.6. The largest absolute Gasteiger partial charge is 0.396 e. The average molecular weight is 336 g/mol. The van der Waals surface area contributed by atoms with Crippen LogP contribution >= 0.6 is 0 Å². The molecule has 1 aliphatic rings. The summed E-state index contributed by atoms with van der Waals surface area (Å²) in [7, 11) is 0. The Labute approximate surface area is 145 Å². The van der Waals surface area contributed by atoms with Crippen molar-refractivity contribution in [2.45, 2.75) is 25.8 Å². The number of nitrogens with one attached hydrogen (secondary N) is 1. The van der Waals surface area contributed by atoms with Crippen molar-refractivity contribution in [3.05, 3.63) is 53.9 Å². The van der Waals surface area contributed by atoms with Crippen LogP contribution in [0.15, 0.2) is 42.6 Å². The van der Waals surface area contributed by atoms with Gasteiger partial charge in [0.1, 0.15) is 0 Å². The number of aromatic nitrogens is 3. The van der Waals surface area contributed by atoms with Crippen molar-refractivity contribution in [2.24, 2.45) is 5.92 Å². The molecule has 0 spiro atoms. The van der Waals surface area contributed by atoms with E-state index in [1.807, 2.05) is 43.3 Å². The van der Waals surface area contributed by atoms with Crippen molar-refractivity contribution >= 4 is 16.9 Å². The molecular formula is C19H20N4O2. The van der Waals surface area contributed by atoms with Gasteiger partial charge < -0.3 is 10.4 Å². The fraction of sp³-hybridized carbons (Fsp3) is 0.316. The summed E-state index contributed by atoms with van der Waals surface area (Å²) in [4.78, 5) is 16.9. The Balaban J connectivity index is 1.61. The average Bonchev–Trinajstić information content (AvgIpc) is 2.94. The zero-order chi connectivity index (χ0) is 17.4. The number of amides is 1. The van der Waals surface area contributed by atoms with E-state index in [1.165, 1.54) is 0 Å². The third-order valence-electron chi connectivity index (χ3n) is 4.80. The molecule has 0 aliphatic heterocycles. The van der Waals surface area contributed by atoms with E-state index in [-0.39, 0.29) is 18.6 Å². The Bertz CT molecular complexity index is 914. The summed E-state index contributed by atoms with van der Waals surface area (Å²) in [5, 5.41) is 17.5. The Morgan fingerprint density at radius 1 is 1.32 bits per heavy atom. The highest BCUT2D eigenvalue weighted by atomic mass is 16.3. The summed E-state index contributed by atoms with van der Waals surface area (Å²) < 4.78 is 1.80. The number of aliphatic hydroxyl groups excluding tert-OH is 1. The summed E-state index contributed by atoms with van der Waals surface area (Å²) in [6, 6.07) is 11.8. The van der Waals surface area contributed by atoms with Gasteiger partial charge in [0.2, 0.25) is 0 Å². The minimum Gasteiger partial charge on any atom is -0.396 e. The predicted molar refractivity (Wildman–Crippen MR) is 94.7 cm³/mol. The molecule has 6 nitrogen and oxygen atoms in total. The van der Waals surface area contributed by atoms with Gasteiger partial charge >= 0.3 is 0 Å². The molecule has 3 aromatic rings. The zero-order valence-electron chi connectivity index (χ0n) is 14.0. The lowest BCUT2D eigenvalue weighted by molar-refractivity contribution is 0.0832. The summed E-state index contributed by atoms with van der Waals surface area (Å²) in [6.45, 7) is 2.11. The van der Waals surface area contributed by atoms with Crippen molar-refractivity contribution < 1.29 is 9.90 Å². The van der Waals surface area contributed by atoms with E-state index in [0.717, 1.165) is 35.3 Å². The SMILES string of the molecule is Cc1nn(-c2ccccc2)c2ncc(C(=O)NC3CC(CO)C3)cc12. The second kappa shape index (κ2) is 6.29. The maximum absolute atomic E-state index is 12.4. The topological polar surface area (TPSA) is 80.0 Å². The lowest BCUT2D eigenvalue weighted by Crippen LogP contribution is -2.45. The van der Waals surface area contributed by atoms with Crippen molar-refractivity contribution in [3.63, 3.8) is 0 Å². The summed E-state index contributed by atoms with van der Waals surface area (Å²) in [5.41, 5.74) is 3.06. The number of hydrogen-bond donors (Lipinski definition) is 2. The van der Waals surface area contributed by atoms with Crippen molar-refractivity contribution in [1.29, 1.82) is 0 Å². The Kier molecular flexibility index (Phi) is 3.97. The molecule has 2 heterocycles. The molecule has 1 fully saturated rings. The molecule has 1 saturated carbocycles. The van der Waals surface area contributed by atoms with Crippen LogP contribution in [0.3, 0.4) is 0 Å².